The van der Waals surface area contributed by atoms with Crippen LogP contribution in [0.3, 0.4) is 0 Å². The van der Waals surface area contributed by atoms with Crippen LogP contribution in [-0.2, 0) is 34.7 Å². The minimum atomic E-state index is -5.32. The molecular weight excluding hydrogens is 574 g/mol. The van der Waals surface area contributed by atoms with Crippen LogP contribution < -0.4 is 5.32 Å². The first kappa shape index (κ1) is 31.3. The lowest BCUT2D eigenvalue weighted by molar-refractivity contribution is -0.144. The highest BCUT2D eigenvalue weighted by Crippen LogP contribution is 2.48. The maximum Gasteiger partial charge on any atom is 0.416 e. The molecule has 1 heterocycles. The van der Waals surface area contributed by atoms with E-state index < -0.39 is 78.0 Å². The average molecular weight is 598 g/mol. The van der Waals surface area contributed by atoms with E-state index in [1.54, 1.807) is 0 Å². The van der Waals surface area contributed by atoms with Gasteiger partial charge in [-0.3, -0.25) is 0 Å². The van der Waals surface area contributed by atoms with Crippen LogP contribution in [-0.4, -0.2) is 20.9 Å². The van der Waals surface area contributed by atoms with Crippen molar-refractivity contribution < 1.29 is 57.1 Å². The van der Waals surface area contributed by atoms with Gasteiger partial charge in [0.2, 0.25) is 0 Å². The first-order valence-electron chi connectivity index (χ1n) is 11.5. The van der Waals surface area contributed by atoms with E-state index in [-0.39, 0.29) is 31.5 Å². The summed E-state index contributed by atoms with van der Waals surface area (Å²) in [5.74, 6) is 0. The maximum atomic E-state index is 13.8. The fourth-order valence-electron chi connectivity index (χ4n) is 4.61. The molecule has 0 radical (unpaired) electrons. The average Bonchev–Trinajstić information content (AvgIpc) is 3.29. The Morgan fingerprint density at radius 2 is 0.897 bits per heavy atom. The highest BCUT2D eigenvalue weighted by Gasteiger charge is 2.51. The van der Waals surface area contributed by atoms with Gasteiger partial charge in [-0.2, -0.15) is 52.7 Å². The van der Waals surface area contributed by atoms with Gasteiger partial charge in [-0.25, -0.2) is 0 Å². The van der Waals surface area contributed by atoms with E-state index in [1.165, 1.54) is 19.6 Å². The van der Waals surface area contributed by atoms with Crippen molar-refractivity contribution in [3.63, 3.8) is 0 Å². The molecule has 1 N–H and O–H groups in total. The van der Waals surface area contributed by atoms with Crippen LogP contribution in [0.5, 0.6) is 0 Å². The van der Waals surface area contributed by atoms with Crippen LogP contribution >= 0.6 is 0 Å². The zero-order chi connectivity index (χ0) is 29.8. The Balaban J connectivity index is 2.56. The summed E-state index contributed by atoms with van der Waals surface area (Å²) in [5, 5.41) is 2.82. The molecule has 1 fully saturated rings. The molecule has 0 amide bonds. The first-order chi connectivity index (χ1) is 17.4. The third kappa shape index (κ3) is 6.91. The summed E-state index contributed by atoms with van der Waals surface area (Å²) < 4.78 is 171. The van der Waals surface area contributed by atoms with Gasteiger partial charge in [-0.05, 0) is 86.6 Å². The van der Waals surface area contributed by atoms with E-state index >= 15 is 0 Å². The quantitative estimate of drug-likeness (QED) is 0.275. The Hall–Kier alpha value is -2.26. The number of rotatable bonds is 5. The van der Waals surface area contributed by atoms with Gasteiger partial charge in [-0.1, -0.05) is 0 Å². The SMILES string of the molecule is C[Si](C)(C)OC(c1cc(C(F)(F)F)cc(C(F)(F)F)c1)(c1cc(C(F)(F)F)cc(C(F)(F)F)c1)C1CCCN1. The number of halogens is 12. The minimum absolute atomic E-state index is 0.0142. The first-order valence-corrected chi connectivity index (χ1v) is 14.9. The van der Waals surface area contributed by atoms with E-state index in [0.717, 1.165) is 0 Å². The van der Waals surface area contributed by atoms with Gasteiger partial charge in [0, 0.05) is 6.04 Å². The van der Waals surface area contributed by atoms with Crippen LogP contribution in [0.15, 0.2) is 36.4 Å². The second kappa shape index (κ2) is 9.98. The van der Waals surface area contributed by atoms with Crippen molar-refractivity contribution in [1.29, 1.82) is 0 Å². The van der Waals surface area contributed by atoms with Gasteiger partial charge in [0.05, 0.1) is 22.3 Å². The number of hydrogen-bond donors (Lipinski definition) is 1. The molecule has 1 aliphatic heterocycles. The van der Waals surface area contributed by atoms with Crippen LogP contribution in [0.25, 0.3) is 0 Å². The van der Waals surface area contributed by atoms with Gasteiger partial charge in [0.1, 0.15) is 5.60 Å². The summed E-state index contributed by atoms with van der Waals surface area (Å²) in [6.07, 6.45) is -21.0. The van der Waals surface area contributed by atoms with Crippen molar-refractivity contribution in [2.75, 3.05) is 6.54 Å². The fourth-order valence-corrected chi connectivity index (χ4v) is 5.96. The monoisotopic (exact) mass is 597 g/mol. The molecule has 2 aromatic rings. The smallest absolute Gasteiger partial charge is 0.403 e. The number of alkyl halides is 12. The van der Waals surface area contributed by atoms with Crippen molar-refractivity contribution in [3.05, 3.63) is 69.8 Å². The lowest BCUT2D eigenvalue weighted by atomic mass is 9.77. The van der Waals surface area contributed by atoms with Gasteiger partial charge in [0.15, 0.2) is 8.32 Å². The van der Waals surface area contributed by atoms with E-state index in [1.807, 2.05) is 0 Å². The van der Waals surface area contributed by atoms with Crippen LogP contribution in [0.1, 0.15) is 46.2 Å². The van der Waals surface area contributed by atoms with Crippen molar-refractivity contribution in [2.45, 2.75) is 68.8 Å². The van der Waals surface area contributed by atoms with E-state index in [2.05, 4.69) is 5.32 Å². The van der Waals surface area contributed by atoms with Crippen LogP contribution in [0.2, 0.25) is 19.6 Å². The highest BCUT2D eigenvalue weighted by molar-refractivity contribution is 6.69. The van der Waals surface area contributed by atoms with E-state index in [0.29, 0.717) is 24.3 Å². The molecule has 2 aromatic carbocycles. The molecular formula is C24H23F12NOSi. The van der Waals surface area contributed by atoms with Gasteiger partial charge >= 0.3 is 24.7 Å². The molecule has 15 heteroatoms. The van der Waals surface area contributed by atoms with Crippen molar-refractivity contribution in [1.82, 2.24) is 5.32 Å². The maximum absolute atomic E-state index is 13.8. The molecule has 218 valence electrons. The van der Waals surface area contributed by atoms with Gasteiger partial charge in [0.25, 0.3) is 0 Å². The summed E-state index contributed by atoms with van der Waals surface area (Å²) in [4.78, 5) is 0. The molecule has 0 aliphatic carbocycles. The zero-order valence-electron chi connectivity index (χ0n) is 20.6. The standard InChI is InChI=1S/C24H23F12NOSi/c1-39(2,3)38-20(19-5-4-6-37-19,13-7-15(21(25,26)27)11-16(8-13)22(28,29)30)14-9-17(23(31,32)33)12-18(10-14)24(34,35)36/h7-12,19,37H,4-6H2,1-3H3. The normalized spacial score (nSPS) is 18.1. The molecule has 1 atom stereocenters. The molecule has 1 unspecified atom stereocenters. The summed E-state index contributed by atoms with van der Waals surface area (Å²) in [6.45, 7) is 4.55. The summed E-state index contributed by atoms with van der Waals surface area (Å²) >= 11 is 0. The third-order valence-electron chi connectivity index (χ3n) is 6.05. The Morgan fingerprint density at radius 3 is 1.13 bits per heavy atom. The van der Waals surface area contributed by atoms with Gasteiger partial charge in [-0.15, -0.1) is 0 Å². The van der Waals surface area contributed by atoms with Crippen molar-refractivity contribution >= 4 is 8.32 Å². The predicted molar refractivity (Wildman–Crippen MR) is 119 cm³/mol. The number of benzene rings is 2. The molecule has 1 aliphatic rings. The van der Waals surface area contributed by atoms with E-state index in [9.17, 15) is 52.7 Å². The Labute approximate surface area is 216 Å². The predicted octanol–water partition coefficient (Wildman–Crippen LogP) is 8.61. The molecule has 0 aromatic heterocycles. The molecule has 39 heavy (non-hydrogen) atoms. The van der Waals surface area contributed by atoms with Crippen LogP contribution in [0.4, 0.5) is 52.7 Å². The molecule has 2 nitrogen and oxygen atoms in total. The Morgan fingerprint density at radius 1 is 0.590 bits per heavy atom. The lowest BCUT2D eigenvalue weighted by Crippen LogP contribution is -2.53. The summed E-state index contributed by atoms with van der Waals surface area (Å²) in [5.41, 5.74) is -11.4. The Bertz CT molecular complexity index is 1050. The molecule has 3 rings (SSSR count). The van der Waals surface area contributed by atoms with E-state index in [4.69, 9.17) is 4.43 Å². The summed E-state index contributed by atoms with van der Waals surface area (Å²) in [7, 11) is -3.14. The Kier molecular flexibility index (Phi) is 8.00. The fraction of sp³-hybridized carbons (Fsp3) is 0.500. The van der Waals surface area contributed by atoms with Crippen LogP contribution in [0, 0.1) is 0 Å². The highest BCUT2D eigenvalue weighted by atomic mass is 28.4. The minimum Gasteiger partial charge on any atom is -0.403 e. The van der Waals surface area contributed by atoms with Crippen molar-refractivity contribution in [3.8, 4) is 0 Å². The molecule has 0 spiro atoms. The molecule has 1 saturated heterocycles. The number of hydrogen-bond acceptors (Lipinski definition) is 2. The molecule has 0 bridgehead atoms. The van der Waals surface area contributed by atoms with Crippen molar-refractivity contribution in [2.24, 2.45) is 0 Å². The summed E-state index contributed by atoms with van der Waals surface area (Å²) in [6, 6.07) is -0.410. The second-order valence-corrected chi connectivity index (χ2v) is 14.6. The number of nitrogens with one attached hydrogen (secondary N) is 1. The topological polar surface area (TPSA) is 21.3 Å². The van der Waals surface area contributed by atoms with Gasteiger partial charge < -0.3 is 9.74 Å². The third-order valence-corrected chi connectivity index (χ3v) is 6.99. The zero-order valence-corrected chi connectivity index (χ0v) is 21.6. The second-order valence-electron chi connectivity index (χ2n) is 10.2. The largest absolute Gasteiger partial charge is 0.416 e. The molecule has 0 saturated carbocycles. The lowest BCUT2D eigenvalue weighted by Gasteiger charge is -2.45.